The largest absolute Gasteiger partial charge is 0.401 e. The summed E-state index contributed by atoms with van der Waals surface area (Å²) >= 11 is 0. The van der Waals surface area contributed by atoms with Crippen LogP contribution < -0.4 is 0 Å². The quantitative estimate of drug-likeness (QED) is 0.308. The van der Waals surface area contributed by atoms with E-state index in [1.165, 1.54) is 38.5 Å². The van der Waals surface area contributed by atoms with E-state index in [-0.39, 0.29) is 0 Å². The van der Waals surface area contributed by atoms with Crippen LogP contribution in [0.25, 0.3) is 0 Å². The highest BCUT2D eigenvalue weighted by Gasteiger charge is 2.30. The van der Waals surface area contributed by atoms with Crippen molar-refractivity contribution < 1.29 is 13.2 Å². The molecule has 0 heterocycles. The molecule has 0 aromatic heterocycles. The lowest BCUT2D eigenvalue weighted by molar-refractivity contribution is -0.146. The second-order valence-electron chi connectivity index (χ2n) is 6.43. The Labute approximate surface area is 135 Å². The van der Waals surface area contributed by atoms with E-state index >= 15 is 0 Å². The standard InChI is InChI=1S/C18H36F3N/c1-3-5-7-9-11-13-15-22(17-18(19,20)21)16-14-12-10-8-6-4-2/h3-17H2,1-2H3. The highest BCUT2D eigenvalue weighted by Crippen LogP contribution is 2.18. The predicted molar refractivity (Wildman–Crippen MR) is 89.2 cm³/mol. The average molecular weight is 323 g/mol. The Balaban J connectivity index is 3.80. The number of nitrogens with zero attached hydrogens (tertiary/aromatic N) is 1. The van der Waals surface area contributed by atoms with Crippen molar-refractivity contribution in [2.75, 3.05) is 19.6 Å². The lowest BCUT2D eigenvalue weighted by atomic mass is 10.1. The first-order valence-electron chi connectivity index (χ1n) is 9.28. The van der Waals surface area contributed by atoms with Crippen LogP contribution in [0.1, 0.15) is 90.9 Å². The zero-order chi connectivity index (χ0) is 16.7. The molecule has 0 N–H and O–H groups in total. The van der Waals surface area contributed by atoms with Gasteiger partial charge in [-0.05, 0) is 25.9 Å². The van der Waals surface area contributed by atoms with Gasteiger partial charge < -0.3 is 0 Å². The van der Waals surface area contributed by atoms with Crippen molar-refractivity contribution in [1.82, 2.24) is 4.90 Å². The first-order valence-corrected chi connectivity index (χ1v) is 9.28. The molecule has 1 nitrogen and oxygen atoms in total. The summed E-state index contributed by atoms with van der Waals surface area (Å²) < 4.78 is 37.8. The molecule has 0 aliphatic rings. The number of unbranched alkanes of at least 4 members (excludes halogenated alkanes) is 10. The maximum Gasteiger partial charge on any atom is 0.401 e. The average Bonchev–Trinajstić information content (AvgIpc) is 2.44. The molecule has 0 aliphatic carbocycles. The van der Waals surface area contributed by atoms with Gasteiger partial charge in [0.2, 0.25) is 0 Å². The molecule has 0 radical (unpaired) electrons. The molecule has 0 fully saturated rings. The Bertz CT molecular complexity index is 213. The van der Waals surface area contributed by atoms with E-state index in [1.807, 2.05) is 0 Å². The van der Waals surface area contributed by atoms with Gasteiger partial charge in [-0.25, -0.2) is 0 Å². The molecule has 0 amide bonds. The van der Waals surface area contributed by atoms with E-state index in [0.29, 0.717) is 13.1 Å². The maximum atomic E-state index is 12.6. The van der Waals surface area contributed by atoms with E-state index in [0.717, 1.165) is 38.5 Å². The van der Waals surface area contributed by atoms with Gasteiger partial charge >= 0.3 is 6.18 Å². The van der Waals surface area contributed by atoms with Crippen LogP contribution in [0.15, 0.2) is 0 Å². The number of hydrogen-bond acceptors (Lipinski definition) is 1. The molecular formula is C18H36F3N. The summed E-state index contributed by atoms with van der Waals surface area (Å²) in [6.07, 6.45) is 9.49. The van der Waals surface area contributed by atoms with Crippen LogP contribution in [0.2, 0.25) is 0 Å². The normalized spacial score (nSPS) is 12.3. The van der Waals surface area contributed by atoms with E-state index in [1.54, 1.807) is 4.90 Å². The fourth-order valence-electron chi connectivity index (χ4n) is 2.75. The Kier molecular flexibility index (Phi) is 14.2. The van der Waals surface area contributed by atoms with Gasteiger partial charge in [0, 0.05) is 0 Å². The Morgan fingerprint density at radius 1 is 0.591 bits per heavy atom. The lowest BCUT2D eigenvalue weighted by Gasteiger charge is -2.23. The maximum absolute atomic E-state index is 12.6. The van der Waals surface area contributed by atoms with Crippen LogP contribution in [0.5, 0.6) is 0 Å². The van der Waals surface area contributed by atoms with Crippen LogP contribution in [0, 0.1) is 0 Å². The molecule has 0 aromatic rings. The van der Waals surface area contributed by atoms with Gasteiger partial charge in [0.15, 0.2) is 0 Å². The zero-order valence-electron chi connectivity index (χ0n) is 14.7. The van der Waals surface area contributed by atoms with Crippen molar-refractivity contribution in [1.29, 1.82) is 0 Å². The topological polar surface area (TPSA) is 3.24 Å². The molecule has 0 aromatic carbocycles. The summed E-state index contributed by atoms with van der Waals surface area (Å²) in [4.78, 5) is 1.61. The molecule has 0 saturated carbocycles. The molecule has 0 rings (SSSR count). The van der Waals surface area contributed by atoms with Crippen molar-refractivity contribution in [3.8, 4) is 0 Å². The van der Waals surface area contributed by atoms with E-state index in [4.69, 9.17) is 0 Å². The molecule has 0 atom stereocenters. The fraction of sp³-hybridized carbons (Fsp3) is 1.00. The van der Waals surface area contributed by atoms with Gasteiger partial charge in [-0.1, -0.05) is 78.1 Å². The molecule has 134 valence electrons. The fourth-order valence-corrected chi connectivity index (χ4v) is 2.75. The molecule has 4 heteroatoms. The third kappa shape index (κ3) is 16.1. The van der Waals surface area contributed by atoms with E-state index < -0.39 is 12.7 Å². The van der Waals surface area contributed by atoms with Gasteiger partial charge in [-0.15, -0.1) is 0 Å². The van der Waals surface area contributed by atoms with E-state index in [2.05, 4.69) is 13.8 Å². The molecular weight excluding hydrogens is 287 g/mol. The van der Waals surface area contributed by atoms with Gasteiger partial charge in [0.1, 0.15) is 0 Å². The Morgan fingerprint density at radius 2 is 0.955 bits per heavy atom. The molecule has 0 unspecified atom stereocenters. The van der Waals surface area contributed by atoms with Crippen LogP contribution in [0.4, 0.5) is 13.2 Å². The molecule has 0 bridgehead atoms. The minimum atomic E-state index is -4.07. The molecule has 0 saturated heterocycles. The number of halogens is 3. The van der Waals surface area contributed by atoms with Gasteiger partial charge in [0.25, 0.3) is 0 Å². The molecule has 0 aliphatic heterocycles. The Hall–Kier alpha value is -0.250. The minimum absolute atomic E-state index is 0.598. The predicted octanol–water partition coefficient (Wildman–Crippen LogP) is 6.57. The number of rotatable bonds is 15. The molecule has 22 heavy (non-hydrogen) atoms. The van der Waals surface area contributed by atoms with Crippen LogP contribution in [-0.4, -0.2) is 30.7 Å². The van der Waals surface area contributed by atoms with Crippen molar-refractivity contribution in [2.24, 2.45) is 0 Å². The van der Waals surface area contributed by atoms with E-state index in [9.17, 15) is 13.2 Å². The van der Waals surface area contributed by atoms with Crippen molar-refractivity contribution in [3.05, 3.63) is 0 Å². The minimum Gasteiger partial charge on any atom is -0.295 e. The summed E-state index contributed by atoms with van der Waals surface area (Å²) in [5.74, 6) is 0. The number of hydrogen-bond donors (Lipinski definition) is 0. The van der Waals surface area contributed by atoms with Gasteiger partial charge in [-0.3, -0.25) is 4.90 Å². The summed E-state index contributed by atoms with van der Waals surface area (Å²) in [6.45, 7) is 4.80. The third-order valence-electron chi connectivity index (χ3n) is 4.06. The zero-order valence-corrected chi connectivity index (χ0v) is 14.7. The summed E-state index contributed by atoms with van der Waals surface area (Å²) in [6, 6.07) is 0. The SMILES string of the molecule is CCCCCCCCN(CCCCCCCC)CC(F)(F)F. The van der Waals surface area contributed by atoms with Crippen LogP contribution in [-0.2, 0) is 0 Å². The summed E-state index contributed by atoms with van der Waals surface area (Å²) in [7, 11) is 0. The third-order valence-corrected chi connectivity index (χ3v) is 4.06. The highest BCUT2D eigenvalue weighted by molar-refractivity contribution is 4.64. The highest BCUT2D eigenvalue weighted by atomic mass is 19.4. The van der Waals surface area contributed by atoms with Crippen molar-refractivity contribution in [2.45, 2.75) is 97.1 Å². The smallest absolute Gasteiger partial charge is 0.295 e. The monoisotopic (exact) mass is 323 g/mol. The Morgan fingerprint density at radius 3 is 1.32 bits per heavy atom. The summed E-state index contributed by atoms with van der Waals surface area (Å²) in [5.41, 5.74) is 0. The second-order valence-corrected chi connectivity index (χ2v) is 6.43. The first-order chi connectivity index (χ1) is 10.5. The van der Waals surface area contributed by atoms with Crippen LogP contribution >= 0.6 is 0 Å². The lowest BCUT2D eigenvalue weighted by Crippen LogP contribution is -2.35. The summed E-state index contributed by atoms with van der Waals surface area (Å²) in [5, 5.41) is 0. The van der Waals surface area contributed by atoms with Gasteiger partial charge in [-0.2, -0.15) is 13.2 Å². The van der Waals surface area contributed by atoms with Crippen LogP contribution in [0.3, 0.4) is 0 Å². The van der Waals surface area contributed by atoms with Crippen molar-refractivity contribution in [3.63, 3.8) is 0 Å². The first kappa shape index (κ1) is 21.8. The van der Waals surface area contributed by atoms with Gasteiger partial charge in [0.05, 0.1) is 6.54 Å². The number of alkyl halides is 3. The second kappa shape index (κ2) is 14.3. The van der Waals surface area contributed by atoms with Crippen molar-refractivity contribution >= 4 is 0 Å². The molecule has 0 spiro atoms.